The van der Waals surface area contributed by atoms with Crippen molar-refractivity contribution in [1.29, 1.82) is 0 Å². The zero-order valence-corrected chi connectivity index (χ0v) is 14.7. The maximum atomic E-state index is 13.4. The third-order valence-electron chi connectivity index (χ3n) is 4.65. The number of rotatable bonds is 2. The summed E-state index contributed by atoms with van der Waals surface area (Å²) in [6.07, 6.45) is 3.58. The molecular weight excluding hydrogens is 347 g/mol. The first kappa shape index (κ1) is 17.8. The topological polar surface area (TPSA) is 64.7 Å². The molecule has 2 N–H and O–H groups in total. The molecule has 0 unspecified atom stereocenters. The van der Waals surface area contributed by atoms with Gasteiger partial charge in [-0.25, -0.2) is 14.0 Å². The molecule has 0 aliphatic carbocycles. The molecule has 2 aliphatic heterocycles. The van der Waals surface area contributed by atoms with Gasteiger partial charge >= 0.3 is 12.1 Å². The normalized spacial score (nSPS) is 18.3. The van der Waals surface area contributed by atoms with Crippen molar-refractivity contribution in [3.05, 3.63) is 29.0 Å². The van der Waals surface area contributed by atoms with Crippen LogP contribution in [0.25, 0.3) is 0 Å². The summed E-state index contributed by atoms with van der Waals surface area (Å²) in [5.74, 6) is -0.576. The summed E-state index contributed by atoms with van der Waals surface area (Å²) in [4.78, 5) is 28.1. The van der Waals surface area contributed by atoms with E-state index in [0.29, 0.717) is 31.6 Å². The molecule has 2 heterocycles. The summed E-state index contributed by atoms with van der Waals surface area (Å²) >= 11 is 5.62. The fourth-order valence-corrected chi connectivity index (χ4v) is 3.37. The first-order valence-electron chi connectivity index (χ1n) is 8.59. The Morgan fingerprint density at radius 2 is 1.72 bits per heavy atom. The molecular formula is C17H22ClFN4O2. The monoisotopic (exact) mass is 368 g/mol. The van der Waals surface area contributed by atoms with Crippen LogP contribution >= 0.6 is 11.6 Å². The molecule has 8 heteroatoms. The van der Waals surface area contributed by atoms with E-state index in [0.717, 1.165) is 25.9 Å². The van der Waals surface area contributed by atoms with E-state index in [9.17, 15) is 14.0 Å². The van der Waals surface area contributed by atoms with Gasteiger partial charge in [-0.05, 0) is 43.9 Å². The molecule has 2 aliphatic rings. The fourth-order valence-electron chi connectivity index (χ4n) is 3.25. The Hall–Kier alpha value is -2.02. The van der Waals surface area contributed by atoms with Crippen LogP contribution in [0.4, 0.5) is 19.7 Å². The number of nitrogens with zero attached hydrogens (tertiary/aromatic N) is 2. The average molecular weight is 369 g/mol. The summed E-state index contributed by atoms with van der Waals surface area (Å²) < 4.78 is 13.4. The summed E-state index contributed by atoms with van der Waals surface area (Å²) in [7, 11) is 0. The number of carbonyl (C=O) groups excluding carboxylic acids is 2. The lowest BCUT2D eigenvalue weighted by atomic mass is 10.1. The zero-order valence-electron chi connectivity index (χ0n) is 13.9. The lowest BCUT2D eigenvalue weighted by Gasteiger charge is -2.34. The lowest BCUT2D eigenvalue weighted by Crippen LogP contribution is -2.50. The van der Waals surface area contributed by atoms with Gasteiger partial charge < -0.3 is 20.4 Å². The van der Waals surface area contributed by atoms with Gasteiger partial charge in [0.1, 0.15) is 5.82 Å². The maximum absolute atomic E-state index is 13.4. The van der Waals surface area contributed by atoms with Crippen molar-refractivity contribution in [3.8, 4) is 0 Å². The van der Waals surface area contributed by atoms with Gasteiger partial charge in [-0.3, -0.25) is 0 Å². The van der Waals surface area contributed by atoms with Crippen LogP contribution in [-0.2, 0) is 0 Å². The molecule has 2 fully saturated rings. The number of halogens is 2. The second-order valence-electron chi connectivity index (χ2n) is 6.47. The molecule has 2 saturated heterocycles. The predicted molar refractivity (Wildman–Crippen MR) is 94.4 cm³/mol. The summed E-state index contributed by atoms with van der Waals surface area (Å²) in [6, 6.07) is 3.85. The van der Waals surface area contributed by atoms with Gasteiger partial charge in [-0.15, -0.1) is 0 Å². The molecule has 0 spiro atoms. The standard InChI is InChI=1S/C17H22ClFN4O2/c18-14-4-3-13(11-15(14)19)21-16(24)20-12-5-9-23(10-6-12)17(25)22-7-1-2-8-22/h3-4,11-12H,1-2,5-10H2,(H2,20,21,24). The average Bonchev–Trinajstić information content (AvgIpc) is 3.13. The zero-order chi connectivity index (χ0) is 17.8. The van der Waals surface area contributed by atoms with Crippen molar-refractivity contribution in [2.45, 2.75) is 31.7 Å². The lowest BCUT2D eigenvalue weighted by molar-refractivity contribution is 0.146. The molecule has 6 nitrogen and oxygen atoms in total. The summed E-state index contributed by atoms with van der Waals surface area (Å²) in [5.41, 5.74) is 0.348. The number of urea groups is 2. The third kappa shape index (κ3) is 4.54. The van der Waals surface area contributed by atoms with E-state index >= 15 is 0 Å². The third-order valence-corrected chi connectivity index (χ3v) is 4.96. The fraction of sp³-hybridized carbons (Fsp3) is 0.529. The number of benzene rings is 1. The van der Waals surface area contributed by atoms with E-state index in [4.69, 9.17) is 11.6 Å². The Morgan fingerprint density at radius 1 is 1.08 bits per heavy atom. The number of nitrogens with one attached hydrogen (secondary N) is 2. The largest absolute Gasteiger partial charge is 0.335 e. The molecule has 0 atom stereocenters. The van der Waals surface area contributed by atoms with Crippen molar-refractivity contribution in [1.82, 2.24) is 15.1 Å². The van der Waals surface area contributed by atoms with Crippen LogP contribution in [0.15, 0.2) is 18.2 Å². The Kier molecular flexibility index (Phi) is 5.63. The van der Waals surface area contributed by atoms with E-state index in [1.54, 1.807) is 6.07 Å². The highest BCUT2D eigenvalue weighted by atomic mass is 35.5. The van der Waals surface area contributed by atoms with Crippen LogP contribution in [0.2, 0.25) is 5.02 Å². The van der Waals surface area contributed by atoms with Crippen LogP contribution in [-0.4, -0.2) is 54.1 Å². The van der Waals surface area contributed by atoms with Crippen molar-refractivity contribution < 1.29 is 14.0 Å². The summed E-state index contributed by atoms with van der Waals surface area (Å²) in [5, 5.41) is 5.49. The Morgan fingerprint density at radius 3 is 2.36 bits per heavy atom. The summed E-state index contributed by atoms with van der Waals surface area (Å²) in [6.45, 7) is 2.96. The number of hydrogen-bond donors (Lipinski definition) is 2. The van der Waals surface area contributed by atoms with E-state index in [2.05, 4.69) is 10.6 Å². The van der Waals surface area contributed by atoms with Crippen LogP contribution in [0.5, 0.6) is 0 Å². The molecule has 0 radical (unpaired) electrons. The SMILES string of the molecule is O=C(Nc1ccc(Cl)c(F)c1)NC1CCN(C(=O)N2CCCC2)CC1. The van der Waals surface area contributed by atoms with Gasteiger partial charge in [0.05, 0.1) is 5.02 Å². The second kappa shape index (κ2) is 7.91. The smallest absolute Gasteiger partial charge is 0.319 e. The van der Waals surface area contributed by atoms with Crippen molar-refractivity contribution in [3.63, 3.8) is 0 Å². The quantitative estimate of drug-likeness (QED) is 0.841. The number of amides is 4. The molecule has 1 aromatic rings. The van der Waals surface area contributed by atoms with Gasteiger partial charge in [0.25, 0.3) is 0 Å². The van der Waals surface area contributed by atoms with E-state index in [-0.39, 0.29) is 23.1 Å². The van der Waals surface area contributed by atoms with E-state index in [1.165, 1.54) is 12.1 Å². The molecule has 0 saturated carbocycles. The molecule has 0 bridgehead atoms. The van der Waals surface area contributed by atoms with E-state index in [1.807, 2.05) is 9.80 Å². The van der Waals surface area contributed by atoms with Crippen LogP contribution in [0.3, 0.4) is 0 Å². The van der Waals surface area contributed by atoms with Crippen molar-refractivity contribution in [2.75, 3.05) is 31.5 Å². The molecule has 25 heavy (non-hydrogen) atoms. The number of piperidine rings is 1. The highest BCUT2D eigenvalue weighted by molar-refractivity contribution is 6.30. The van der Waals surface area contributed by atoms with Gasteiger partial charge in [0, 0.05) is 37.9 Å². The van der Waals surface area contributed by atoms with Crippen LogP contribution in [0, 0.1) is 5.82 Å². The molecule has 0 aromatic heterocycles. The Balaban J connectivity index is 1.44. The second-order valence-corrected chi connectivity index (χ2v) is 6.87. The predicted octanol–water partition coefficient (Wildman–Crippen LogP) is 3.28. The minimum atomic E-state index is -0.576. The van der Waals surface area contributed by atoms with Gasteiger partial charge in [-0.1, -0.05) is 11.6 Å². The number of carbonyl (C=O) groups is 2. The first-order valence-corrected chi connectivity index (χ1v) is 8.97. The number of anilines is 1. The highest BCUT2D eigenvalue weighted by Crippen LogP contribution is 2.19. The molecule has 3 rings (SSSR count). The minimum absolute atomic E-state index is 0.000208. The van der Waals surface area contributed by atoms with E-state index < -0.39 is 5.82 Å². The molecule has 4 amide bonds. The van der Waals surface area contributed by atoms with Gasteiger partial charge in [0.2, 0.25) is 0 Å². The van der Waals surface area contributed by atoms with Crippen LogP contribution in [0.1, 0.15) is 25.7 Å². The van der Waals surface area contributed by atoms with Gasteiger partial charge in [0.15, 0.2) is 0 Å². The number of hydrogen-bond acceptors (Lipinski definition) is 2. The van der Waals surface area contributed by atoms with Gasteiger partial charge in [-0.2, -0.15) is 0 Å². The number of likely N-dealkylation sites (tertiary alicyclic amines) is 2. The Labute approximate surface area is 151 Å². The highest BCUT2D eigenvalue weighted by Gasteiger charge is 2.28. The molecule has 1 aromatic carbocycles. The maximum Gasteiger partial charge on any atom is 0.319 e. The van der Waals surface area contributed by atoms with Crippen LogP contribution < -0.4 is 10.6 Å². The molecule has 136 valence electrons. The van der Waals surface area contributed by atoms with Crippen molar-refractivity contribution >= 4 is 29.4 Å². The Bertz CT molecular complexity index is 644. The minimum Gasteiger partial charge on any atom is -0.335 e. The van der Waals surface area contributed by atoms with Crippen molar-refractivity contribution in [2.24, 2.45) is 0 Å². The first-order chi connectivity index (χ1) is 12.0.